The number of nitrogens with zero attached hydrogens (tertiary/aromatic N) is 1. The van der Waals surface area contributed by atoms with Crippen molar-refractivity contribution in [2.45, 2.75) is 46.1 Å². The van der Waals surface area contributed by atoms with Gasteiger partial charge in [0.05, 0.1) is 6.10 Å². The smallest absolute Gasteiger partial charge is 0.127 e. The highest BCUT2D eigenvalue weighted by Crippen LogP contribution is 2.27. The predicted octanol–water partition coefficient (Wildman–Crippen LogP) is 1.69. The minimum Gasteiger partial charge on any atom is -0.393 e. The Bertz CT molecular complexity index is 226. The Hall–Kier alpha value is -0.410. The van der Waals surface area contributed by atoms with Gasteiger partial charge in [0.1, 0.15) is 6.29 Å². The molecule has 1 fully saturated rings. The number of hydrogen-bond donors (Lipinski definition) is 1. The highest BCUT2D eigenvalue weighted by Gasteiger charge is 2.32. The standard InChI is InChI=1S/C13H25NO2/c1-4-13(5-2,10-15)9-14-7-6-12(16)11(3)8-14/h10-12,16H,4-9H2,1-3H3. The molecule has 0 saturated carbocycles. The summed E-state index contributed by atoms with van der Waals surface area (Å²) in [7, 11) is 0. The molecule has 0 aromatic rings. The molecule has 0 aromatic carbocycles. The molecule has 16 heavy (non-hydrogen) atoms. The van der Waals surface area contributed by atoms with E-state index in [1.54, 1.807) is 0 Å². The summed E-state index contributed by atoms with van der Waals surface area (Å²) < 4.78 is 0. The number of carbonyl (C=O) groups excluding carboxylic acids is 1. The van der Waals surface area contributed by atoms with Gasteiger partial charge < -0.3 is 14.8 Å². The van der Waals surface area contributed by atoms with E-state index in [4.69, 9.17) is 0 Å². The molecule has 1 aliphatic rings. The summed E-state index contributed by atoms with van der Waals surface area (Å²) in [6.45, 7) is 8.93. The second-order valence-corrected chi connectivity index (χ2v) is 5.26. The number of aldehydes is 1. The molecule has 1 rings (SSSR count). The van der Waals surface area contributed by atoms with Crippen molar-refractivity contribution in [2.24, 2.45) is 11.3 Å². The zero-order valence-corrected chi connectivity index (χ0v) is 10.8. The number of hydrogen-bond acceptors (Lipinski definition) is 3. The summed E-state index contributed by atoms with van der Waals surface area (Å²) in [5.74, 6) is 0.326. The lowest BCUT2D eigenvalue weighted by Crippen LogP contribution is -2.47. The van der Waals surface area contributed by atoms with Crippen LogP contribution >= 0.6 is 0 Å². The lowest BCUT2D eigenvalue weighted by Gasteiger charge is -2.39. The summed E-state index contributed by atoms with van der Waals surface area (Å²) >= 11 is 0. The van der Waals surface area contributed by atoms with Crippen LogP contribution in [0.1, 0.15) is 40.0 Å². The summed E-state index contributed by atoms with van der Waals surface area (Å²) in [6, 6.07) is 0. The van der Waals surface area contributed by atoms with E-state index >= 15 is 0 Å². The lowest BCUT2D eigenvalue weighted by atomic mass is 9.82. The molecule has 1 heterocycles. The minimum atomic E-state index is -0.179. The Morgan fingerprint density at radius 3 is 2.50 bits per heavy atom. The zero-order chi connectivity index (χ0) is 12.2. The van der Waals surface area contributed by atoms with Crippen LogP contribution in [0, 0.1) is 11.3 Å². The first-order valence-electron chi connectivity index (χ1n) is 6.43. The van der Waals surface area contributed by atoms with Crippen LogP contribution in [-0.4, -0.2) is 42.0 Å². The van der Waals surface area contributed by atoms with Crippen molar-refractivity contribution in [3.8, 4) is 0 Å². The third-order valence-electron chi connectivity index (χ3n) is 4.14. The van der Waals surface area contributed by atoms with E-state index in [-0.39, 0.29) is 11.5 Å². The molecule has 0 aliphatic carbocycles. The largest absolute Gasteiger partial charge is 0.393 e. The van der Waals surface area contributed by atoms with Crippen LogP contribution in [0.4, 0.5) is 0 Å². The number of carbonyl (C=O) groups is 1. The van der Waals surface area contributed by atoms with Crippen molar-refractivity contribution in [1.82, 2.24) is 4.90 Å². The van der Waals surface area contributed by atoms with E-state index in [1.165, 1.54) is 0 Å². The summed E-state index contributed by atoms with van der Waals surface area (Å²) in [6.07, 6.45) is 3.61. The Kier molecular flexibility index (Phi) is 4.93. The molecule has 1 aliphatic heterocycles. The van der Waals surface area contributed by atoms with Gasteiger partial charge in [-0.2, -0.15) is 0 Å². The van der Waals surface area contributed by atoms with Gasteiger partial charge in [-0.1, -0.05) is 20.8 Å². The fraction of sp³-hybridized carbons (Fsp3) is 0.923. The number of aliphatic hydroxyl groups excluding tert-OH is 1. The van der Waals surface area contributed by atoms with Gasteiger partial charge in [-0.3, -0.25) is 0 Å². The second-order valence-electron chi connectivity index (χ2n) is 5.26. The summed E-state index contributed by atoms with van der Waals surface area (Å²) in [5.41, 5.74) is -0.179. The maximum Gasteiger partial charge on any atom is 0.127 e. The lowest BCUT2D eigenvalue weighted by molar-refractivity contribution is -0.118. The SMILES string of the molecule is CCC(C=O)(CC)CN1CCC(O)C(C)C1. The van der Waals surface area contributed by atoms with Gasteiger partial charge in [-0.15, -0.1) is 0 Å². The van der Waals surface area contributed by atoms with Gasteiger partial charge in [-0.25, -0.2) is 0 Å². The van der Waals surface area contributed by atoms with Crippen molar-refractivity contribution >= 4 is 6.29 Å². The fourth-order valence-corrected chi connectivity index (χ4v) is 2.49. The van der Waals surface area contributed by atoms with E-state index in [9.17, 15) is 9.90 Å². The molecule has 3 heteroatoms. The van der Waals surface area contributed by atoms with Gasteiger partial charge in [0, 0.05) is 25.0 Å². The molecule has 0 spiro atoms. The molecule has 0 radical (unpaired) electrons. The first-order chi connectivity index (χ1) is 7.56. The second kappa shape index (κ2) is 5.78. The first kappa shape index (κ1) is 13.7. The maximum absolute atomic E-state index is 11.2. The van der Waals surface area contributed by atoms with Gasteiger partial charge in [0.15, 0.2) is 0 Å². The van der Waals surface area contributed by atoms with Gasteiger partial charge >= 0.3 is 0 Å². The molecule has 94 valence electrons. The van der Waals surface area contributed by atoms with Crippen LogP contribution in [0.2, 0.25) is 0 Å². The van der Waals surface area contributed by atoms with Gasteiger partial charge in [-0.05, 0) is 25.2 Å². The van der Waals surface area contributed by atoms with E-state index in [0.29, 0.717) is 5.92 Å². The van der Waals surface area contributed by atoms with Crippen LogP contribution in [0.3, 0.4) is 0 Å². The van der Waals surface area contributed by atoms with Crippen LogP contribution in [0.15, 0.2) is 0 Å². The van der Waals surface area contributed by atoms with Gasteiger partial charge in [0.2, 0.25) is 0 Å². The number of rotatable bonds is 5. The van der Waals surface area contributed by atoms with Crippen molar-refractivity contribution in [3.63, 3.8) is 0 Å². The summed E-state index contributed by atoms with van der Waals surface area (Å²) in [5, 5.41) is 9.67. The third kappa shape index (κ3) is 3.05. The molecular formula is C13H25NO2. The van der Waals surface area contributed by atoms with Crippen LogP contribution < -0.4 is 0 Å². The Balaban J connectivity index is 2.56. The topological polar surface area (TPSA) is 40.5 Å². The molecule has 1 N–H and O–H groups in total. The molecule has 1 saturated heterocycles. The maximum atomic E-state index is 11.2. The first-order valence-corrected chi connectivity index (χ1v) is 6.43. The van der Waals surface area contributed by atoms with E-state index in [2.05, 4.69) is 25.7 Å². The average Bonchev–Trinajstić information content (AvgIpc) is 2.31. The molecule has 2 unspecified atom stereocenters. The Labute approximate surface area is 98.8 Å². The number of likely N-dealkylation sites (tertiary alicyclic amines) is 1. The van der Waals surface area contributed by atoms with Crippen molar-refractivity contribution in [2.75, 3.05) is 19.6 Å². The highest BCUT2D eigenvalue weighted by molar-refractivity contribution is 5.59. The molecule has 2 atom stereocenters. The zero-order valence-electron chi connectivity index (χ0n) is 10.8. The molecule has 0 amide bonds. The van der Waals surface area contributed by atoms with Crippen molar-refractivity contribution < 1.29 is 9.90 Å². The van der Waals surface area contributed by atoms with Crippen LogP contribution in [-0.2, 0) is 4.79 Å². The van der Waals surface area contributed by atoms with E-state index in [0.717, 1.165) is 45.2 Å². The van der Waals surface area contributed by atoms with Crippen molar-refractivity contribution in [1.29, 1.82) is 0 Å². The Morgan fingerprint density at radius 1 is 1.44 bits per heavy atom. The average molecular weight is 227 g/mol. The normalized spacial score (nSPS) is 28.0. The monoisotopic (exact) mass is 227 g/mol. The van der Waals surface area contributed by atoms with Crippen molar-refractivity contribution in [3.05, 3.63) is 0 Å². The number of aliphatic hydroxyl groups is 1. The fourth-order valence-electron chi connectivity index (χ4n) is 2.49. The summed E-state index contributed by atoms with van der Waals surface area (Å²) in [4.78, 5) is 13.6. The van der Waals surface area contributed by atoms with Gasteiger partial charge in [0.25, 0.3) is 0 Å². The minimum absolute atomic E-state index is 0.162. The molecule has 0 aromatic heterocycles. The van der Waals surface area contributed by atoms with Crippen LogP contribution in [0.5, 0.6) is 0 Å². The van der Waals surface area contributed by atoms with Crippen LogP contribution in [0.25, 0.3) is 0 Å². The predicted molar refractivity (Wildman–Crippen MR) is 65.3 cm³/mol. The van der Waals surface area contributed by atoms with E-state index in [1.807, 2.05) is 0 Å². The van der Waals surface area contributed by atoms with E-state index < -0.39 is 0 Å². The highest BCUT2D eigenvalue weighted by atomic mass is 16.3. The quantitative estimate of drug-likeness (QED) is 0.727. The third-order valence-corrected chi connectivity index (χ3v) is 4.14. The molecule has 0 bridgehead atoms. The molecule has 3 nitrogen and oxygen atoms in total. The number of piperidine rings is 1. The molecular weight excluding hydrogens is 202 g/mol. The Morgan fingerprint density at radius 2 is 2.06 bits per heavy atom.